The summed E-state index contributed by atoms with van der Waals surface area (Å²) in [5.41, 5.74) is 1.98. The summed E-state index contributed by atoms with van der Waals surface area (Å²) in [6, 6.07) is 11.9. The SMILES string of the molecule is COC(=O)c1ccc2c(=O)n(Cc3ccc(C(=O)NCCN4CCC(C)CC4)cc3)c(=S)[nH]c2c1. The number of carbonyl (C=O) groups excluding carboxylic acids is 2. The molecule has 184 valence electrons. The van der Waals surface area contributed by atoms with E-state index in [-0.39, 0.29) is 22.8 Å². The van der Waals surface area contributed by atoms with Crippen molar-refractivity contribution in [1.82, 2.24) is 19.8 Å². The monoisotopic (exact) mass is 494 g/mol. The largest absolute Gasteiger partial charge is 0.465 e. The van der Waals surface area contributed by atoms with Crippen LogP contribution in [0.3, 0.4) is 0 Å². The summed E-state index contributed by atoms with van der Waals surface area (Å²) in [6.45, 7) is 6.21. The van der Waals surface area contributed by atoms with Crippen LogP contribution in [-0.4, -0.2) is 59.6 Å². The Kier molecular flexibility index (Phi) is 7.77. The Bertz CT molecular complexity index is 1340. The number of amides is 1. The Hall–Kier alpha value is -3.30. The first kappa shape index (κ1) is 24.8. The fourth-order valence-corrected chi connectivity index (χ4v) is 4.56. The number of likely N-dealkylation sites (tertiary alicyclic amines) is 1. The van der Waals surface area contributed by atoms with Gasteiger partial charge in [-0.15, -0.1) is 0 Å². The zero-order chi connectivity index (χ0) is 24.9. The van der Waals surface area contributed by atoms with Gasteiger partial charge >= 0.3 is 5.97 Å². The van der Waals surface area contributed by atoms with E-state index in [1.54, 1.807) is 30.3 Å². The minimum atomic E-state index is -0.486. The average Bonchev–Trinajstić information content (AvgIpc) is 2.87. The first-order valence-corrected chi connectivity index (χ1v) is 12.2. The van der Waals surface area contributed by atoms with Crippen LogP contribution >= 0.6 is 12.2 Å². The van der Waals surface area contributed by atoms with E-state index >= 15 is 0 Å². The molecule has 0 atom stereocenters. The number of benzene rings is 2. The van der Waals surface area contributed by atoms with Crippen molar-refractivity contribution in [3.63, 3.8) is 0 Å². The van der Waals surface area contributed by atoms with Gasteiger partial charge in [-0.2, -0.15) is 0 Å². The third-order valence-corrected chi connectivity index (χ3v) is 6.87. The Morgan fingerprint density at radius 2 is 1.80 bits per heavy atom. The predicted molar refractivity (Wildman–Crippen MR) is 137 cm³/mol. The molecular weight excluding hydrogens is 464 g/mol. The maximum absolute atomic E-state index is 13.0. The molecule has 0 bridgehead atoms. The number of methoxy groups -OCH3 is 1. The maximum Gasteiger partial charge on any atom is 0.337 e. The molecule has 4 rings (SSSR count). The molecule has 2 N–H and O–H groups in total. The summed E-state index contributed by atoms with van der Waals surface area (Å²) in [7, 11) is 1.30. The van der Waals surface area contributed by atoms with Gasteiger partial charge in [0.05, 0.1) is 30.1 Å². The minimum Gasteiger partial charge on any atom is -0.465 e. The molecule has 8 nitrogen and oxygen atoms in total. The number of nitrogens with one attached hydrogen (secondary N) is 2. The minimum absolute atomic E-state index is 0.108. The average molecular weight is 495 g/mol. The summed E-state index contributed by atoms with van der Waals surface area (Å²) in [5, 5.41) is 3.41. The van der Waals surface area contributed by atoms with E-state index in [9.17, 15) is 14.4 Å². The van der Waals surface area contributed by atoms with Gasteiger partial charge in [0.1, 0.15) is 0 Å². The van der Waals surface area contributed by atoms with Crippen LogP contribution in [0, 0.1) is 10.7 Å². The van der Waals surface area contributed by atoms with E-state index in [4.69, 9.17) is 17.0 Å². The number of carbonyl (C=O) groups is 2. The van der Waals surface area contributed by atoms with E-state index in [1.165, 1.54) is 24.5 Å². The van der Waals surface area contributed by atoms with Crippen LogP contribution in [-0.2, 0) is 11.3 Å². The molecule has 2 heterocycles. The highest BCUT2D eigenvalue weighted by molar-refractivity contribution is 7.71. The number of fused-ring (bicyclic) bond motifs is 1. The smallest absolute Gasteiger partial charge is 0.337 e. The number of aromatic nitrogens is 2. The summed E-state index contributed by atoms with van der Waals surface area (Å²) in [6.07, 6.45) is 2.43. The highest BCUT2D eigenvalue weighted by Crippen LogP contribution is 2.15. The molecule has 35 heavy (non-hydrogen) atoms. The van der Waals surface area contributed by atoms with Crippen LogP contribution in [0.1, 0.15) is 46.0 Å². The van der Waals surface area contributed by atoms with Crippen LogP contribution in [0.4, 0.5) is 0 Å². The van der Waals surface area contributed by atoms with E-state index in [0.717, 1.165) is 31.1 Å². The molecule has 1 aliphatic rings. The number of piperidine rings is 1. The standard InChI is InChI=1S/C26H30N4O4S/c1-17-9-12-29(13-10-17)14-11-27-23(31)19-5-3-18(4-6-19)16-30-24(32)21-8-7-20(25(33)34-2)15-22(21)28-26(30)35/h3-8,15,17H,9-14,16H2,1-2H3,(H,27,31)(H,28,35). The van der Waals surface area contributed by atoms with Gasteiger partial charge in [-0.1, -0.05) is 19.1 Å². The Labute approximate surface area is 208 Å². The van der Waals surface area contributed by atoms with Crippen molar-refractivity contribution in [1.29, 1.82) is 0 Å². The molecule has 1 amide bonds. The quantitative estimate of drug-likeness (QED) is 0.386. The number of nitrogens with zero attached hydrogens (tertiary/aromatic N) is 2. The van der Waals surface area contributed by atoms with Crippen molar-refractivity contribution < 1.29 is 14.3 Å². The summed E-state index contributed by atoms with van der Waals surface area (Å²) in [4.78, 5) is 42.8. The van der Waals surface area contributed by atoms with E-state index in [2.05, 4.69) is 22.1 Å². The van der Waals surface area contributed by atoms with Crippen LogP contribution in [0.2, 0.25) is 0 Å². The number of ether oxygens (including phenoxy) is 1. The van der Waals surface area contributed by atoms with Crippen molar-refractivity contribution in [3.05, 3.63) is 74.3 Å². The molecule has 0 radical (unpaired) electrons. The van der Waals surface area contributed by atoms with Crippen molar-refractivity contribution in [3.8, 4) is 0 Å². The summed E-state index contributed by atoms with van der Waals surface area (Å²) in [5.74, 6) is 0.197. The van der Waals surface area contributed by atoms with Gasteiger partial charge in [-0.05, 0) is 80.0 Å². The lowest BCUT2D eigenvalue weighted by Crippen LogP contribution is -2.39. The number of hydrogen-bond acceptors (Lipinski definition) is 6. The Balaban J connectivity index is 1.41. The summed E-state index contributed by atoms with van der Waals surface area (Å²) >= 11 is 5.40. The molecule has 1 fully saturated rings. The predicted octanol–water partition coefficient (Wildman–Crippen LogP) is 3.36. The van der Waals surface area contributed by atoms with Gasteiger partial charge in [-0.25, -0.2) is 4.79 Å². The molecule has 0 unspecified atom stereocenters. The maximum atomic E-state index is 13.0. The molecular formula is C26H30N4O4S. The molecule has 0 spiro atoms. The normalized spacial score (nSPS) is 14.7. The molecule has 3 aromatic rings. The van der Waals surface area contributed by atoms with Gasteiger partial charge in [-0.3, -0.25) is 14.2 Å². The number of rotatable bonds is 7. The first-order chi connectivity index (χ1) is 16.9. The number of H-pyrrole nitrogens is 1. The molecule has 1 aliphatic heterocycles. The third kappa shape index (κ3) is 5.86. The van der Waals surface area contributed by atoms with Gasteiger partial charge < -0.3 is 19.9 Å². The van der Waals surface area contributed by atoms with Crippen LogP contribution in [0.5, 0.6) is 0 Å². The molecule has 1 aromatic heterocycles. The highest BCUT2D eigenvalue weighted by Gasteiger charge is 2.16. The number of esters is 1. The molecule has 1 saturated heterocycles. The number of aromatic amines is 1. The molecule has 0 saturated carbocycles. The van der Waals surface area contributed by atoms with Crippen molar-refractivity contribution in [2.24, 2.45) is 5.92 Å². The second-order valence-electron chi connectivity index (χ2n) is 9.05. The van der Waals surface area contributed by atoms with Gasteiger partial charge in [0.25, 0.3) is 11.5 Å². The van der Waals surface area contributed by atoms with Gasteiger partial charge in [0, 0.05) is 18.7 Å². The Morgan fingerprint density at radius 1 is 1.11 bits per heavy atom. The second-order valence-corrected chi connectivity index (χ2v) is 9.44. The highest BCUT2D eigenvalue weighted by atomic mass is 32.1. The van der Waals surface area contributed by atoms with Crippen LogP contribution < -0.4 is 10.9 Å². The number of hydrogen-bond donors (Lipinski definition) is 2. The van der Waals surface area contributed by atoms with E-state index < -0.39 is 5.97 Å². The van der Waals surface area contributed by atoms with Crippen molar-refractivity contribution in [2.45, 2.75) is 26.3 Å². The van der Waals surface area contributed by atoms with Crippen molar-refractivity contribution >= 4 is 35.0 Å². The molecule has 9 heteroatoms. The lowest BCUT2D eigenvalue weighted by Gasteiger charge is -2.30. The summed E-state index contributed by atoms with van der Waals surface area (Å²) < 4.78 is 6.45. The van der Waals surface area contributed by atoms with Crippen LogP contribution in [0.25, 0.3) is 10.9 Å². The van der Waals surface area contributed by atoms with Crippen molar-refractivity contribution in [2.75, 3.05) is 33.3 Å². The fraction of sp³-hybridized carbons (Fsp3) is 0.385. The molecule has 2 aromatic carbocycles. The molecule has 0 aliphatic carbocycles. The second kappa shape index (κ2) is 11.0. The Morgan fingerprint density at radius 3 is 2.49 bits per heavy atom. The zero-order valence-corrected chi connectivity index (χ0v) is 20.8. The fourth-order valence-electron chi connectivity index (χ4n) is 4.30. The lowest BCUT2D eigenvalue weighted by atomic mass is 9.99. The topological polar surface area (TPSA) is 96.4 Å². The van der Waals surface area contributed by atoms with Gasteiger partial charge in [0.2, 0.25) is 0 Å². The zero-order valence-electron chi connectivity index (χ0n) is 20.0. The first-order valence-electron chi connectivity index (χ1n) is 11.8. The van der Waals surface area contributed by atoms with E-state index in [1.807, 2.05) is 12.1 Å². The van der Waals surface area contributed by atoms with E-state index in [0.29, 0.717) is 28.6 Å². The van der Waals surface area contributed by atoms with Gasteiger partial charge in [0.15, 0.2) is 4.77 Å². The van der Waals surface area contributed by atoms with Crippen LogP contribution in [0.15, 0.2) is 47.3 Å². The lowest BCUT2D eigenvalue weighted by molar-refractivity contribution is 0.0600. The third-order valence-electron chi connectivity index (χ3n) is 6.55.